The van der Waals surface area contributed by atoms with E-state index in [1.54, 1.807) is 0 Å². The first-order valence-electron chi connectivity index (χ1n) is 2.99. The zero-order valence-corrected chi connectivity index (χ0v) is 6.67. The number of ether oxygens (including phenoxy) is 1. The van der Waals surface area contributed by atoms with E-state index in [1.807, 2.05) is 0 Å². The maximum absolute atomic E-state index is 10.7. The van der Waals surface area contributed by atoms with E-state index in [9.17, 15) is 9.59 Å². The summed E-state index contributed by atoms with van der Waals surface area (Å²) in [6, 6.07) is 0. The molecule has 0 rings (SSSR count). The Morgan fingerprint density at radius 1 is 1.18 bits per heavy atom. The topological polar surface area (TPSA) is 63.6 Å². The molecule has 0 atom stereocenters. The minimum absolute atomic E-state index is 0.0110. The number of hydrogen-bond acceptors (Lipinski definition) is 3. The molecular formula is C7H10O4. The van der Waals surface area contributed by atoms with Crippen molar-refractivity contribution < 1.29 is 19.4 Å². The van der Waals surface area contributed by atoms with Gasteiger partial charge < -0.3 is 9.84 Å². The van der Waals surface area contributed by atoms with Crippen molar-refractivity contribution in [3.63, 3.8) is 0 Å². The van der Waals surface area contributed by atoms with Gasteiger partial charge in [0, 0.05) is 11.1 Å². The van der Waals surface area contributed by atoms with Crippen molar-refractivity contribution in [2.75, 3.05) is 7.11 Å². The number of rotatable bonds is 2. The van der Waals surface area contributed by atoms with Crippen molar-refractivity contribution in [2.45, 2.75) is 13.8 Å². The summed E-state index contributed by atoms with van der Waals surface area (Å²) in [4.78, 5) is 21.0. The fraction of sp³-hybridized carbons (Fsp3) is 0.429. The molecule has 0 aliphatic rings. The summed E-state index contributed by atoms with van der Waals surface area (Å²) in [6.45, 7) is 2.77. The lowest BCUT2D eigenvalue weighted by molar-refractivity contribution is -0.138. The van der Waals surface area contributed by atoms with Crippen LogP contribution in [0.2, 0.25) is 0 Å². The number of carboxylic acid groups (broad SMARTS) is 1. The molecular weight excluding hydrogens is 148 g/mol. The molecule has 0 unspecified atom stereocenters. The molecule has 0 aromatic rings. The zero-order chi connectivity index (χ0) is 9.02. The van der Waals surface area contributed by atoms with Crippen LogP contribution in [-0.4, -0.2) is 24.2 Å². The highest BCUT2D eigenvalue weighted by Crippen LogP contribution is 2.04. The lowest BCUT2D eigenvalue weighted by atomic mass is 10.1. The van der Waals surface area contributed by atoms with Gasteiger partial charge in [-0.05, 0) is 13.8 Å². The average molecular weight is 158 g/mol. The summed E-state index contributed by atoms with van der Waals surface area (Å²) < 4.78 is 4.32. The Hall–Kier alpha value is -1.32. The monoisotopic (exact) mass is 158 g/mol. The third kappa shape index (κ3) is 2.41. The van der Waals surface area contributed by atoms with Crippen molar-refractivity contribution >= 4 is 11.9 Å². The number of carbonyl (C=O) groups is 2. The van der Waals surface area contributed by atoms with Gasteiger partial charge in [-0.15, -0.1) is 0 Å². The standard InChI is InChI=1S/C7H10O4/c1-4(6(8)9)5(2)7(10)11-3/h1-3H3,(H,8,9)/b5-4+. The number of esters is 1. The van der Waals surface area contributed by atoms with Gasteiger partial charge in [0.2, 0.25) is 0 Å². The van der Waals surface area contributed by atoms with Crippen LogP contribution in [0, 0.1) is 0 Å². The van der Waals surface area contributed by atoms with Crippen LogP contribution in [0.1, 0.15) is 13.8 Å². The van der Waals surface area contributed by atoms with Crippen LogP contribution < -0.4 is 0 Å². The third-order valence-electron chi connectivity index (χ3n) is 1.37. The quantitative estimate of drug-likeness (QED) is 0.471. The largest absolute Gasteiger partial charge is 0.478 e. The van der Waals surface area contributed by atoms with Crippen LogP contribution in [0.15, 0.2) is 11.1 Å². The van der Waals surface area contributed by atoms with Crippen LogP contribution in [0.25, 0.3) is 0 Å². The van der Waals surface area contributed by atoms with E-state index in [1.165, 1.54) is 21.0 Å². The predicted molar refractivity (Wildman–Crippen MR) is 38.0 cm³/mol. The van der Waals surface area contributed by atoms with Gasteiger partial charge in [0.1, 0.15) is 0 Å². The molecule has 62 valence electrons. The molecule has 0 saturated heterocycles. The molecule has 4 heteroatoms. The van der Waals surface area contributed by atoms with Gasteiger partial charge in [0.15, 0.2) is 0 Å². The zero-order valence-electron chi connectivity index (χ0n) is 6.67. The number of hydrogen-bond donors (Lipinski definition) is 1. The Balaban J connectivity index is 4.66. The van der Waals surface area contributed by atoms with Crippen LogP contribution in [0.3, 0.4) is 0 Å². The fourth-order valence-electron chi connectivity index (χ4n) is 0.467. The average Bonchev–Trinajstić information content (AvgIpc) is 2.00. The second-order valence-corrected chi connectivity index (χ2v) is 2.05. The van der Waals surface area contributed by atoms with Gasteiger partial charge in [-0.25, -0.2) is 9.59 Å². The molecule has 0 fully saturated rings. The molecule has 0 amide bonds. The Morgan fingerprint density at radius 3 is 1.91 bits per heavy atom. The van der Waals surface area contributed by atoms with Crippen LogP contribution >= 0.6 is 0 Å². The summed E-state index contributed by atoms with van der Waals surface area (Å²) in [5.41, 5.74) is 0.136. The van der Waals surface area contributed by atoms with Crippen molar-refractivity contribution in [1.82, 2.24) is 0 Å². The molecule has 0 bridgehead atoms. The van der Waals surface area contributed by atoms with Gasteiger partial charge in [0.25, 0.3) is 0 Å². The number of carboxylic acids is 1. The SMILES string of the molecule is COC(=O)/C(C)=C(\C)C(=O)O. The second-order valence-electron chi connectivity index (χ2n) is 2.05. The summed E-state index contributed by atoms with van der Waals surface area (Å²) in [5.74, 6) is -1.71. The minimum atomic E-state index is -1.10. The molecule has 11 heavy (non-hydrogen) atoms. The van der Waals surface area contributed by atoms with Crippen molar-refractivity contribution in [2.24, 2.45) is 0 Å². The molecule has 0 aromatic carbocycles. The smallest absolute Gasteiger partial charge is 0.333 e. The van der Waals surface area contributed by atoms with Gasteiger partial charge in [-0.1, -0.05) is 0 Å². The molecule has 0 spiro atoms. The van der Waals surface area contributed by atoms with Gasteiger partial charge in [-0.3, -0.25) is 0 Å². The summed E-state index contributed by atoms with van der Waals surface area (Å²) in [7, 11) is 1.21. The number of aliphatic carboxylic acids is 1. The van der Waals surface area contributed by atoms with Crippen molar-refractivity contribution in [3.05, 3.63) is 11.1 Å². The van der Waals surface area contributed by atoms with E-state index in [-0.39, 0.29) is 11.1 Å². The van der Waals surface area contributed by atoms with Crippen LogP contribution in [0.5, 0.6) is 0 Å². The molecule has 0 aromatic heterocycles. The first kappa shape index (κ1) is 9.68. The Kier molecular flexibility index (Phi) is 3.30. The van der Waals surface area contributed by atoms with Crippen molar-refractivity contribution in [1.29, 1.82) is 0 Å². The summed E-state index contributed by atoms with van der Waals surface area (Å²) in [5, 5.41) is 8.43. The Bertz CT molecular complexity index is 214. The van der Waals surface area contributed by atoms with Gasteiger partial charge >= 0.3 is 11.9 Å². The van der Waals surface area contributed by atoms with Crippen LogP contribution in [0.4, 0.5) is 0 Å². The van der Waals surface area contributed by atoms with E-state index in [4.69, 9.17) is 5.11 Å². The van der Waals surface area contributed by atoms with E-state index < -0.39 is 11.9 Å². The molecule has 0 aliphatic heterocycles. The Labute approximate surface area is 64.5 Å². The number of methoxy groups -OCH3 is 1. The first-order valence-corrected chi connectivity index (χ1v) is 2.99. The van der Waals surface area contributed by atoms with E-state index in [0.29, 0.717) is 0 Å². The van der Waals surface area contributed by atoms with E-state index in [2.05, 4.69) is 4.74 Å². The molecule has 1 N–H and O–H groups in total. The Morgan fingerprint density at radius 2 is 1.64 bits per heavy atom. The third-order valence-corrected chi connectivity index (χ3v) is 1.37. The molecule has 0 saturated carbocycles. The highest BCUT2D eigenvalue weighted by molar-refractivity contribution is 5.98. The minimum Gasteiger partial charge on any atom is -0.478 e. The predicted octanol–water partition coefficient (Wildman–Crippen LogP) is 0.580. The maximum Gasteiger partial charge on any atom is 0.333 e. The lowest BCUT2D eigenvalue weighted by Crippen LogP contribution is -2.08. The molecule has 4 nitrogen and oxygen atoms in total. The number of carbonyl (C=O) groups excluding carboxylic acids is 1. The fourth-order valence-corrected chi connectivity index (χ4v) is 0.467. The molecule has 0 radical (unpaired) electrons. The van der Waals surface area contributed by atoms with Gasteiger partial charge in [0.05, 0.1) is 7.11 Å². The van der Waals surface area contributed by atoms with E-state index >= 15 is 0 Å². The van der Waals surface area contributed by atoms with Crippen molar-refractivity contribution in [3.8, 4) is 0 Å². The highest BCUT2D eigenvalue weighted by atomic mass is 16.5. The molecule has 0 heterocycles. The summed E-state index contributed by atoms with van der Waals surface area (Å²) >= 11 is 0. The highest BCUT2D eigenvalue weighted by Gasteiger charge is 2.11. The van der Waals surface area contributed by atoms with Gasteiger partial charge in [-0.2, -0.15) is 0 Å². The molecule has 0 aliphatic carbocycles. The first-order chi connectivity index (χ1) is 5.00. The maximum atomic E-state index is 10.7. The second kappa shape index (κ2) is 3.75. The summed E-state index contributed by atoms with van der Waals surface area (Å²) in [6.07, 6.45) is 0. The van der Waals surface area contributed by atoms with Crippen LogP contribution in [-0.2, 0) is 14.3 Å². The lowest BCUT2D eigenvalue weighted by Gasteiger charge is -2.00. The normalized spacial score (nSPS) is 11.9. The van der Waals surface area contributed by atoms with E-state index in [0.717, 1.165) is 0 Å².